The maximum absolute atomic E-state index is 6.05. The summed E-state index contributed by atoms with van der Waals surface area (Å²) in [7, 11) is 0. The van der Waals surface area contributed by atoms with Crippen LogP contribution in [-0.2, 0) is 4.74 Å². The third-order valence-electron chi connectivity index (χ3n) is 3.96. The Morgan fingerprint density at radius 2 is 1.88 bits per heavy atom. The second kappa shape index (κ2) is 6.61. The first-order valence-corrected chi connectivity index (χ1v) is 7.23. The van der Waals surface area contributed by atoms with Crippen molar-refractivity contribution in [1.29, 1.82) is 0 Å². The highest BCUT2D eigenvalue weighted by Gasteiger charge is 2.22. The lowest BCUT2D eigenvalue weighted by Crippen LogP contribution is -2.31. The van der Waals surface area contributed by atoms with E-state index < -0.39 is 0 Å². The monoisotopic (exact) mass is 225 g/mol. The lowest BCUT2D eigenvalue weighted by molar-refractivity contribution is 0.0190. The minimum absolute atomic E-state index is 0.447. The number of nitrogens with one attached hydrogen (secondary N) is 1. The summed E-state index contributed by atoms with van der Waals surface area (Å²) in [5.74, 6) is 0.851. The van der Waals surface area contributed by atoms with Crippen LogP contribution in [0.1, 0.15) is 58.3 Å². The van der Waals surface area contributed by atoms with E-state index in [4.69, 9.17) is 4.74 Å². The van der Waals surface area contributed by atoms with Crippen molar-refractivity contribution < 1.29 is 4.74 Å². The van der Waals surface area contributed by atoms with Gasteiger partial charge in [-0.1, -0.05) is 26.2 Å². The third kappa shape index (κ3) is 4.42. The van der Waals surface area contributed by atoms with E-state index in [1.54, 1.807) is 0 Å². The van der Waals surface area contributed by atoms with E-state index in [1.165, 1.54) is 44.9 Å². The van der Waals surface area contributed by atoms with Crippen molar-refractivity contribution in [2.45, 2.75) is 70.4 Å². The fourth-order valence-electron chi connectivity index (χ4n) is 2.53. The molecule has 94 valence electrons. The van der Waals surface area contributed by atoms with Gasteiger partial charge in [0.15, 0.2) is 0 Å². The summed E-state index contributed by atoms with van der Waals surface area (Å²) < 4.78 is 6.05. The van der Waals surface area contributed by atoms with E-state index in [9.17, 15) is 0 Å². The second-order valence-corrected chi connectivity index (χ2v) is 5.55. The van der Waals surface area contributed by atoms with Crippen molar-refractivity contribution in [2.75, 3.05) is 13.2 Å². The molecular weight excluding hydrogens is 198 g/mol. The van der Waals surface area contributed by atoms with Gasteiger partial charge in [-0.25, -0.2) is 0 Å². The molecule has 1 atom stereocenters. The lowest BCUT2D eigenvalue weighted by atomic mass is 9.90. The van der Waals surface area contributed by atoms with Gasteiger partial charge in [-0.05, 0) is 38.0 Å². The quantitative estimate of drug-likeness (QED) is 0.719. The average molecular weight is 225 g/mol. The van der Waals surface area contributed by atoms with Gasteiger partial charge in [0, 0.05) is 19.2 Å². The maximum Gasteiger partial charge on any atom is 0.0697 e. The fraction of sp³-hybridized carbons (Fsp3) is 1.00. The van der Waals surface area contributed by atoms with Crippen LogP contribution >= 0.6 is 0 Å². The smallest absolute Gasteiger partial charge is 0.0697 e. The van der Waals surface area contributed by atoms with Crippen LogP contribution in [0.25, 0.3) is 0 Å². The molecule has 16 heavy (non-hydrogen) atoms. The predicted molar refractivity (Wildman–Crippen MR) is 67.6 cm³/mol. The molecular formula is C14H27NO. The molecule has 0 spiro atoms. The van der Waals surface area contributed by atoms with Crippen LogP contribution in [0.4, 0.5) is 0 Å². The first kappa shape index (κ1) is 12.4. The molecule has 2 nitrogen and oxygen atoms in total. The molecule has 0 amide bonds. The summed E-state index contributed by atoms with van der Waals surface area (Å²) in [6.07, 6.45) is 11.4. The number of ether oxygens (including phenoxy) is 1. The van der Waals surface area contributed by atoms with Crippen LogP contribution in [0.3, 0.4) is 0 Å². The molecule has 0 heterocycles. The summed E-state index contributed by atoms with van der Waals surface area (Å²) >= 11 is 0. The normalized spacial score (nSPS) is 24.6. The molecule has 0 aliphatic heterocycles. The van der Waals surface area contributed by atoms with Crippen LogP contribution in [0.2, 0.25) is 0 Å². The Hall–Kier alpha value is -0.0800. The highest BCUT2D eigenvalue weighted by atomic mass is 16.5. The molecule has 0 bridgehead atoms. The van der Waals surface area contributed by atoms with Crippen LogP contribution in [0.5, 0.6) is 0 Å². The zero-order valence-corrected chi connectivity index (χ0v) is 10.7. The van der Waals surface area contributed by atoms with Crippen LogP contribution in [-0.4, -0.2) is 25.3 Å². The number of hydrogen-bond acceptors (Lipinski definition) is 2. The minimum Gasteiger partial charge on any atom is -0.377 e. The zero-order chi connectivity index (χ0) is 11.2. The maximum atomic E-state index is 6.05. The number of rotatable bonds is 7. The molecule has 2 aliphatic rings. The summed E-state index contributed by atoms with van der Waals surface area (Å²) in [4.78, 5) is 0. The van der Waals surface area contributed by atoms with Gasteiger partial charge in [-0.15, -0.1) is 0 Å². The molecule has 0 aromatic heterocycles. The van der Waals surface area contributed by atoms with E-state index in [0.717, 1.165) is 31.5 Å². The third-order valence-corrected chi connectivity index (χ3v) is 3.96. The van der Waals surface area contributed by atoms with Crippen molar-refractivity contribution >= 4 is 0 Å². The Morgan fingerprint density at radius 1 is 1.12 bits per heavy atom. The first-order chi connectivity index (χ1) is 7.88. The van der Waals surface area contributed by atoms with Gasteiger partial charge in [0.1, 0.15) is 0 Å². The molecule has 0 saturated heterocycles. The highest BCUT2D eigenvalue weighted by molar-refractivity contribution is 4.82. The van der Waals surface area contributed by atoms with Gasteiger partial charge >= 0.3 is 0 Å². The zero-order valence-electron chi connectivity index (χ0n) is 10.7. The Labute approximate surface area is 100 Å². The van der Waals surface area contributed by atoms with Gasteiger partial charge < -0.3 is 10.1 Å². The molecule has 0 radical (unpaired) electrons. The molecule has 2 fully saturated rings. The van der Waals surface area contributed by atoms with E-state index in [-0.39, 0.29) is 0 Å². The van der Waals surface area contributed by atoms with Crippen molar-refractivity contribution in [1.82, 2.24) is 5.32 Å². The van der Waals surface area contributed by atoms with Crippen molar-refractivity contribution in [3.05, 3.63) is 0 Å². The number of hydrogen-bond donors (Lipinski definition) is 1. The summed E-state index contributed by atoms with van der Waals surface area (Å²) in [6.45, 7) is 4.30. The molecule has 2 heteroatoms. The van der Waals surface area contributed by atoms with E-state index in [2.05, 4.69) is 12.2 Å². The topological polar surface area (TPSA) is 21.3 Å². The Balaban J connectivity index is 1.57. The molecule has 1 N–H and O–H groups in total. The Morgan fingerprint density at radius 3 is 2.50 bits per heavy atom. The SMILES string of the molecule is CCC(CNC1CC1)OCC1CCCCC1. The molecule has 2 aliphatic carbocycles. The second-order valence-electron chi connectivity index (χ2n) is 5.55. The van der Waals surface area contributed by atoms with Crippen molar-refractivity contribution in [3.63, 3.8) is 0 Å². The van der Waals surface area contributed by atoms with E-state index >= 15 is 0 Å². The van der Waals surface area contributed by atoms with Gasteiger partial charge in [-0.2, -0.15) is 0 Å². The fourth-order valence-corrected chi connectivity index (χ4v) is 2.53. The van der Waals surface area contributed by atoms with E-state index in [1.807, 2.05) is 0 Å². The summed E-state index contributed by atoms with van der Waals surface area (Å²) in [5.41, 5.74) is 0. The molecule has 1 unspecified atom stereocenters. The van der Waals surface area contributed by atoms with Gasteiger partial charge in [0.25, 0.3) is 0 Å². The molecule has 2 saturated carbocycles. The van der Waals surface area contributed by atoms with E-state index in [0.29, 0.717) is 6.10 Å². The van der Waals surface area contributed by atoms with Crippen LogP contribution in [0, 0.1) is 5.92 Å². The average Bonchev–Trinajstić information content (AvgIpc) is 3.15. The van der Waals surface area contributed by atoms with Crippen molar-refractivity contribution in [3.8, 4) is 0 Å². The van der Waals surface area contributed by atoms with Gasteiger partial charge in [0.05, 0.1) is 6.10 Å². The molecule has 0 aromatic carbocycles. The standard InChI is InChI=1S/C14H27NO/c1-2-14(10-15-13-8-9-13)16-11-12-6-4-3-5-7-12/h12-15H,2-11H2,1H3. The van der Waals surface area contributed by atoms with Crippen molar-refractivity contribution in [2.24, 2.45) is 5.92 Å². The minimum atomic E-state index is 0.447. The van der Waals surface area contributed by atoms with Crippen LogP contribution < -0.4 is 5.32 Å². The Bertz CT molecular complexity index is 185. The highest BCUT2D eigenvalue weighted by Crippen LogP contribution is 2.24. The largest absolute Gasteiger partial charge is 0.377 e. The summed E-state index contributed by atoms with van der Waals surface area (Å²) in [5, 5.41) is 3.57. The molecule has 0 aromatic rings. The predicted octanol–water partition coefficient (Wildman–Crippen LogP) is 3.11. The molecule has 2 rings (SSSR count). The Kier molecular flexibility index (Phi) is 5.11. The van der Waals surface area contributed by atoms with Gasteiger partial charge in [-0.3, -0.25) is 0 Å². The summed E-state index contributed by atoms with van der Waals surface area (Å²) in [6, 6.07) is 0.812. The lowest BCUT2D eigenvalue weighted by Gasteiger charge is -2.24. The van der Waals surface area contributed by atoms with Crippen LogP contribution in [0.15, 0.2) is 0 Å². The first-order valence-electron chi connectivity index (χ1n) is 7.23. The van der Waals surface area contributed by atoms with Gasteiger partial charge in [0.2, 0.25) is 0 Å².